The molecule has 4 N–H and O–H groups in total. The number of nitrogens with zero attached hydrogens (tertiary/aromatic N) is 4. The van der Waals surface area contributed by atoms with Crippen LogP contribution in [-0.2, 0) is 15.1 Å². The third-order valence-corrected chi connectivity index (χ3v) is 7.38. The molecule has 1 saturated heterocycles. The summed E-state index contributed by atoms with van der Waals surface area (Å²) in [6, 6.07) is 8.81. The van der Waals surface area contributed by atoms with Crippen LogP contribution in [-0.4, -0.2) is 67.5 Å². The van der Waals surface area contributed by atoms with E-state index in [1.54, 1.807) is 24.9 Å². The molecule has 0 bridgehead atoms. The Labute approximate surface area is 207 Å². The molecule has 0 saturated carbocycles. The highest BCUT2D eigenvalue weighted by Gasteiger charge is 2.46. The molecule has 1 aliphatic heterocycles. The van der Waals surface area contributed by atoms with Crippen molar-refractivity contribution in [1.29, 1.82) is 0 Å². The van der Waals surface area contributed by atoms with Gasteiger partial charge in [0, 0.05) is 31.4 Å². The van der Waals surface area contributed by atoms with Gasteiger partial charge in [0.2, 0.25) is 0 Å². The van der Waals surface area contributed by atoms with Crippen LogP contribution in [0.1, 0.15) is 44.0 Å². The second kappa shape index (κ2) is 10.1. The molecular formula is C24H30N6O4S. The van der Waals surface area contributed by atoms with Crippen molar-refractivity contribution in [3.63, 3.8) is 0 Å². The third-order valence-electron chi connectivity index (χ3n) is 6.52. The number of aliphatic hydroxyl groups excluding tert-OH is 2. The first kappa shape index (κ1) is 24.8. The fourth-order valence-corrected chi connectivity index (χ4v) is 5.18. The van der Waals surface area contributed by atoms with E-state index in [1.165, 1.54) is 16.2 Å². The number of rotatable bonds is 8. The van der Waals surface area contributed by atoms with Crippen molar-refractivity contribution in [2.45, 2.75) is 50.5 Å². The van der Waals surface area contributed by atoms with E-state index in [-0.39, 0.29) is 0 Å². The maximum absolute atomic E-state index is 13.1. The van der Waals surface area contributed by atoms with Gasteiger partial charge in [0.25, 0.3) is 11.8 Å². The largest absolute Gasteiger partial charge is 0.380 e. The summed E-state index contributed by atoms with van der Waals surface area (Å²) in [7, 11) is 1.77. The van der Waals surface area contributed by atoms with Gasteiger partial charge in [-0.25, -0.2) is 9.67 Å². The summed E-state index contributed by atoms with van der Waals surface area (Å²) in [6.45, 7) is 4.06. The molecular weight excluding hydrogens is 468 g/mol. The van der Waals surface area contributed by atoms with Crippen molar-refractivity contribution in [2.24, 2.45) is 0 Å². The Morgan fingerprint density at radius 3 is 2.57 bits per heavy atom. The molecule has 3 heterocycles. The maximum atomic E-state index is 13.1. The standard InChI is InChI=1S/C24H30N6O4S/c1-15(16-6-8-17(9-7-16)30-13-5-11-26-30)27-21(33)19(31)20(32)22(34)29-12-4-10-24(29,2)18-14-35-23(25-3)28-18/h5-9,11,13-15,19-20,31-32H,4,10,12H2,1-3H3,(H,25,28)(H,27,33)/t15-,19-,20-,24?/m1/s1. The van der Waals surface area contributed by atoms with Gasteiger partial charge in [-0.3, -0.25) is 9.59 Å². The van der Waals surface area contributed by atoms with Crippen molar-refractivity contribution in [3.8, 4) is 5.69 Å². The number of carbonyl (C=O) groups is 2. The molecule has 2 amide bonds. The molecule has 0 radical (unpaired) electrons. The Kier molecular flexibility index (Phi) is 7.20. The van der Waals surface area contributed by atoms with E-state index in [0.717, 1.165) is 28.5 Å². The molecule has 4 rings (SSSR count). The zero-order valence-electron chi connectivity index (χ0n) is 19.9. The zero-order valence-corrected chi connectivity index (χ0v) is 20.7. The average molecular weight is 499 g/mol. The van der Waals surface area contributed by atoms with Crippen LogP contribution in [0.2, 0.25) is 0 Å². The van der Waals surface area contributed by atoms with Gasteiger partial charge >= 0.3 is 0 Å². The van der Waals surface area contributed by atoms with Gasteiger partial charge in [0.15, 0.2) is 17.3 Å². The van der Waals surface area contributed by atoms with Gasteiger partial charge in [-0.1, -0.05) is 12.1 Å². The van der Waals surface area contributed by atoms with E-state index in [0.29, 0.717) is 13.0 Å². The maximum Gasteiger partial charge on any atom is 0.255 e. The first-order valence-corrected chi connectivity index (χ1v) is 12.3. The van der Waals surface area contributed by atoms with Crippen molar-refractivity contribution in [1.82, 2.24) is 25.0 Å². The summed E-state index contributed by atoms with van der Waals surface area (Å²) in [4.78, 5) is 31.9. The number of aromatic nitrogens is 3. The van der Waals surface area contributed by atoms with Gasteiger partial charge in [0.05, 0.1) is 23.0 Å². The van der Waals surface area contributed by atoms with Crippen molar-refractivity contribution >= 4 is 28.3 Å². The highest BCUT2D eigenvalue weighted by Crippen LogP contribution is 2.40. The Hall–Kier alpha value is -3.28. The predicted octanol–water partition coefficient (Wildman–Crippen LogP) is 1.81. The number of likely N-dealkylation sites (tertiary alicyclic amines) is 1. The van der Waals surface area contributed by atoms with E-state index in [2.05, 4.69) is 20.7 Å². The van der Waals surface area contributed by atoms with Crippen LogP contribution in [0, 0.1) is 0 Å². The Morgan fingerprint density at radius 2 is 1.94 bits per heavy atom. The topological polar surface area (TPSA) is 133 Å². The molecule has 0 aliphatic carbocycles. The van der Waals surface area contributed by atoms with Crippen molar-refractivity contribution in [3.05, 3.63) is 59.4 Å². The zero-order chi connectivity index (χ0) is 25.2. The van der Waals surface area contributed by atoms with Gasteiger partial charge < -0.3 is 25.7 Å². The molecule has 2 aromatic heterocycles. The summed E-state index contributed by atoms with van der Waals surface area (Å²) >= 11 is 1.43. The Morgan fingerprint density at radius 1 is 1.20 bits per heavy atom. The second-order valence-corrected chi connectivity index (χ2v) is 9.68. The predicted molar refractivity (Wildman–Crippen MR) is 132 cm³/mol. The normalized spacial score (nSPS) is 20.3. The van der Waals surface area contributed by atoms with E-state index in [1.807, 2.05) is 48.8 Å². The highest BCUT2D eigenvalue weighted by molar-refractivity contribution is 7.13. The van der Waals surface area contributed by atoms with Gasteiger partial charge in [-0.05, 0) is 50.5 Å². The molecule has 1 fully saturated rings. The number of nitrogens with one attached hydrogen (secondary N) is 2. The lowest BCUT2D eigenvalue weighted by atomic mass is 9.94. The number of benzene rings is 1. The van der Waals surface area contributed by atoms with Crippen molar-refractivity contribution in [2.75, 3.05) is 18.9 Å². The number of thiazole rings is 1. The molecule has 10 nitrogen and oxygen atoms in total. The quantitative estimate of drug-likeness (QED) is 0.372. The molecule has 0 spiro atoms. The van der Waals surface area contributed by atoms with Crippen LogP contribution in [0.15, 0.2) is 48.1 Å². The monoisotopic (exact) mass is 498 g/mol. The van der Waals surface area contributed by atoms with Crippen LogP contribution in [0.25, 0.3) is 5.69 Å². The summed E-state index contributed by atoms with van der Waals surface area (Å²) in [5, 5.41) is 33.6. The molecule has 3 aromatic rings. The van der Waals surface area contributed by atoms with Crippen LogP contribution in [0.4, 0.5) is 5.13 Å². The van der Waals surface area contributed by atoms with Crippen LogP contribution < -0.4 is 10.6 Å². The number of hydrogen-bond donors (Lipinski definition) is 4. The van der Waals surface area contributed by atoms with Crippen LogP contribution in [0.3, 0.4) is 0 Å². The van der Waals surface area contributed by atoms with Gasteiger partial charge in [-0.2, -0.15) is 5.10 Å². The minimum absolute atomic E-state index is 0.409. The number of aliphatic hydroxyl groups is 2. The average Bonchev–Trinajstić information content (AvgIpc) is 3.64. The first-order valence-electron chi connectivity index (χ1n) is 11.5. The number of hydrogen-bond acceptors (Lipinski definition) is 8. The van der Waals surface area contributed by atoms with E-state index < -0.39 is 35.6 Å². The number of amides is 2. The lowest BCUT2D eigenvalue weighted by molar-refractivity contribution is -0.156. The lowest BCUT2D eigenvalue weighted by Gasteiger charge is -2.36. The van der Waals surface area contributed by atoms with Gasteiger partial charge in [0.1, 0.15) is 0 Å². The minimum Gasteiger partial charge on any atom is -0.380 e. The second-order valence-electron chi connectivity index (χ2n) is 8.82. The summed E-state index contributed by atoms with van der Waals surface area (Å²) < 4.78 is 1.72. The molecule has 1 unspecified atom stereocenters. The number of anilines is 1. The smallest absolute Gasteiger partial charge is 0.255 e. The van der Waals surface area contributed by atoms with E-state index >= 15 is 0 Å². The molecule has 1 aromatic carbocycles. The summed E-state index contributed by atoms with van der Waals surface area (Å²) in [5.41, 5.74) is 1.67. The third kappa shape index (κ3) is 4.93. The van der Waals surface area contributed by atoms with Crippen LogP contribution >= 0.6 is 11.3 Å². The SMILES string of the molecule is CNc1nc(C2(C)CCCN2C(=O)[C@H](O)[C@@H](O)C(=O)N[C@H](C)c2ccc(-n3cccn3)cc2)cs1. The highest BCUT2D eigenvalue weighted by atomic mass is 32.1. The fraction of sp³-hybridized carbons (Fsp3) is 0.417. The van der Waals surface area contributed by atoms with Crippen LogP contribution in [0.5, 0.6) is 0 Å². The molecule has 35 heavy (non-hydrogen) atoms. The van der Waals surface area contributed by atoms with E-state index in [9.17, 15) is 19.8 Å². The lowest BCUT2D eigenvalue weighted by Crippen LogP contribution is -2.54. The van der Waals surface area contributed by atoms with E-state index in [4.69, 9.17) is 0 Å². The summed E-state index contributed by atoms with van der Waals surface area (Å²) in [6.07, 6.45) is 1.13. The Balaban J connectivity index is 1.40. The first-order chi connectivity index (χ1) is 16.7. The van der Waals surface area contributed by atoms with Crippen molar-refractivity contribution < 1.29 is 19.8 Å². The minimum atomic E-state index is -1.90. The Bertz CT molecular complexity index is 1170. The molecule has 186 valence electrons. The summed E-state index contributed by atoms with van der Waals surface area (Å²) in [5.74, 6) is -1.51. The number of carbonyl (C=O) groups excluding carboxylic acids is 2. The fourth-order valence-electron chi connectivity index (χ4n) is 4.38. The molecule has 1 aliphatic rings. The van der Waals surface area contributed by atoms with Gasteiger partial charge in [-0.15, -0.1) is 11.3 Å². The molecule has 11 heteroatoms. The molecule has 4 atom stereocenters.